The number of carbonyl (C=O) groups is 1. The molecule has 0 heterocycles. The van der Waals surface area contributed by atoms with Crippen molar-refractivity contribution in [3.05, 3.63) is 35.4 Å². The highest BCUT2D eigenvalue weighted by atomic mass is 35.5. The fourth-order valence-electron chi connectivity index (χ4n) is 0.907. The summed E-state index contributed by atoms with van der Waals surface area (Å²) in [5.41, 5.74) is 1.96. The maximum atomic E-state index is 10.5. The van der Waals surface area contributed by atoms with Gasteiger partial charge in [0.2, 0.25) is 5.24 Å². The predicted octanol–water partition coefficient (Wildman–Crippen LogP) is 2.73. The maximum absolute atomic E-state index is 10.5. The normalized spacial score (nSPS) is 9.83. The summed E-state index contributed by atoms with van der Waals surface area (Å²) in [5.74, 6) is 0.495. The summed E-state index contributed by atoms with van der Waals surface area (Å²) in [7, 11) is 0. The molecule has 1 aromatic rings. The second kappa shape index (κ2) is 4.48. The SMILES string of the molecule is O=C(Cl)Cc1ccc(CCl)cc1. The van der Waals surface area contributed by atoms with Gasteiger partial charge >= 0.3 is 0 Å². The molecular weight excluding hydrogens is 195 g/mol. The molecule has 64 valence electrons. The third-order valence-electron chi connectivity index (χ3n) is 1.52. The first kappa shape index (κ1) is 9.56. The Balaban J connectivity index is 2.71. The van der Waals surface area contributed by atoms with Crippen LogP contribution in [0, 0.1) is 0 Å². The molecule has 0 aliphatic rings. The molecule has 0 atom stereocenters. The van der Waals surface area contributed by atoms with Gasteiger partial charge in [-0.25, -0.2) is 0 Å². The Morgan fingerprint density at radius 2 is 1.67 bits per heavy atom. The molecule has 0 amide bonds. The van der Waals surface area contributed by atoms with Crippen LogP contribution in [0.3, 0.4) is 0 Å². The Morgan fingerprint density at radius 1 is 1.17 bits per heavy atom. The second-order valence-electron chi connectivity index (χ2n) is 2.48. The van der Waals surface area contributed by atoms with E-state index in [0.717, 1.165) is 11.1 Å². The third kappa shape index (κ3) is 2.84. The maximum Gasteiger partial charge on any atom is 0.226 e. The van der Waals surface area contributed by atoms with Gasteiger partial charge in [-0.1, -0.05) is 24.3 Å². The lowest BCUT2D eigenvalue weighted by Crippen LogP contribution is -1.92. The van der Waals surface area contributed by atoms with Gasteiger partial charge in [-0.2, -0.15) is 0 Å². The minimum atomic E-state index is -0.339. The predicted molar refractivity (Wildman–Crippen MR) is 50.6 cm³/mol. The molecule has 0 radical (unpaired) electrons. The van der Waals surface area contributed by atoms with Crippen LogP contribution in [0.4, 0.5) is 0 Å². The van der Waals surface area contributed by atoms with Crippen LogP contribution in [-0.4, -0.2) is 5.24 Å². The highest BCUT2D eigenvalue weighted by Gasteiger charge is 1.98. The van der Waals surface area contributed by atoms with E-state index in [9.17, 15) is 4.79 Å². The quantitative estimate of drug-likeness (QED) is 0.545. The first-order valence-corrected chi connectivity index (χ1v) is 4.45. The summed E-state index contributed by atoms with van der Waals surface area (Å²) in [4.78, 5) is 10.5. The van der Waals surface area contributed by atoms with Gasteiger partial charge in [-0.05, 0) is 22.7 Å². The molecule has 1 rings (SSSR count). The average molecular weight is 203 g/mol. The zero-order valence-corrected chi connectivity index (χ0v) is 7.90. The van der Waals surface area contributed by atoms with Gasteiger partial charge < -0.3 is 0 Å². The highest BCUT2D eigenvalue weighted by Crippen LogP contribution is 2.08. The van der Waals surface area contributed by atoms with E-state index >= 15 is 0 Å². The fraction of sp³-hybridized carbons (Fsp3) is 0.222. The van der Waals surface area contributed by atoms with E-state index in [0.29, 0.717) is 5.88 Å². The Bertz CT molecular complexity index is 266. The van der Waals surface area contributed by atoms with Crippen LogP contribution in [0.5, 0.6) is 0 Å². The van der Waals surface area contributed by atoms with Crippen molar-refractivity contribution in [3.63, 3.8) is 0 Å². The summed E-state index contributed by atoms with van der Waals surface area (Å²) < 4.78 is 0. The topological polar surface area (TPSA) is 17.1 Å². The van der Waals surface area contributed by atoms with E-state index in [1.165, 1.54) is 0 Å². The van der Waals surface area contributed by atoms with E-state index in [-0.39, 0.29) is 11.7 Å². The van der Waals surface area contributed by atoms with E-state index in [2.05, 4.69) is 0 Å². The summed E-state index contributed by atoms with van der Waals surface area (Å²) in [5, 5.41) is -0.339. The first-order valence-electron chi connectivity index (χ1n) is 3.54. The van der Waals surface area contributed by atoms with E-state index in [4.69, 9.17) is 23.2 Å². The molecule has 0 spiro atoms. The minimum absolute atomic E-state index is 0.282. The van der Waals surface area contributed by atoms with E-state index in [1.807, 2.05) is 24.3 Å². The molecule has 0 unspecified atom stereocenters. The molecule has 0 saturated carbocycles. The van der Waals surface area contributed by atoms with Crippen LogP contribution in [0.2, 0.25) is 0 Å². The molecule has 1 nitrogen and oxygen atoms in total. The Kier molecular flexibility index (Phi) is 3.57. The monoisotopic (exact) mass is 202 g/mol. The third-order valence-corrected chi connectivity index (χ3v) is 1.96. The van der Waals surface area contributed by atoms with Crippen LogP contribution in [0.15, 0.2) is 24.3 Å². The smallest absolute Gasteiger partial charge is 0.226 e. The van der Waals surface area contributed by atoms with Gasteiger partial charge in [-0.15, -0.1) is 11.6 Å². The van der Waals surface area contributed by atoms with Crippen LogP contribution in [0.1, 0.15) is 11.1 Å². The number of hydrogen-bond acceptors (Lipinski definition) is 1. The molecule has 0 bridgehead atoms. The van der Waals surface area contributed by atoms with Gasteiger partial charge in [0, 0.05) is 12.3 Å². The molecule has 12 heavy (non-hydrogen) atoms. The van der Waals surface area contributed by atoms with Gasteiger partial charge in [0.25, 0.3) is 0 Å². The fourth-order valence-corrected chi connectivity index (χ4v) is 1.24. The molecule has 0 fully saturated rings. The first-order chi connectivity index (χ1) is 5.72. The molecule has 0 aromatic heterocycles. The van der Waals surface area contributed by atoms with Crippen molar-refractivity contribution >= 4 is 28.4 Å². The van der Waals surface area contributed by atoms with Gasteiger partial charge in [-0.3, -0.25) is 4.79 Å². The van der Waals surface area contributed by atoms with E-state index in [1.54, 1.807) is 0 Å². The molecule has 0 aliphatic heterocycles. The molecule has 0 aliphatic carbocycles. The Labute approximate surface area is 81.3 Å². The summed E-state index contributed by atoms with van der Waals surface area (Å²) >= 11 is 10.8. The van der Waals surface area contributed by atoms with Crippen LogP contribution < -0.4 is 0 Å². The van der Waals surface area contributed by atoms with Crippen molar-refractivity contribution in [2.75, 3.05) is 0 Å². The molecule has 1 aromatic carbocycles. The van der Waals surface area contributed by atoms with Gasteiger partial charge in [0.1, 0.15) is 0 Å². The summed E-state index contributed by atoms with van der Waals surface area (Å²) in [6.45, 7) is 0. The average Bonchev–Trinajstić information content (AvgIpc) is 2.05. The van der Waals surface area contributed by atoms with Gasteiger partial charge in [0.15, 0.2) is 0 Å². The Morgan fingerprint density at radius 3 is 2.08 bits per heavy atom. The van der Waals surface area contributed by atoms with Crippen molar-refractivity contribution in [2.24, 2.45) is 0 Å². The largest absolute Gasteiger partial charge is 0.281 e. The van der Waals surface area contributed by atoms with Crippen molar-refractivity contribution in [1.29, 1.82) is 0 Å². The van der Waals surface area contributed by atoms with Crippen LogP contribution in [0.25, 0.3) is 0 Å². The molecular formula is C9H8Cl2O. The molecule has 0 N–H and O–H groups in total. The summed E-state index contributed by atoms with van der Waals surface area (Å²) in [6, 6.07) is 7.50. The van der Waals surface area contributed by atoms with Crippen molar-refractivity contribution in [3.8, 4) is 0 Å². The zero-order valence-electron chi connectivity index (χ0n) is 6.39. The second-order valence-corrected chi connectivity index (χ2v) is 3.17. The lowest BCUT2D eigenvalue weighted by Gasteiger charge is -1.97. The Hall–Kier alpha value is -0.530. The van der Waals surface area contributed by atoms with Crippen LogP contribution >= 0.6 is 23.2 Å². The van der Waals surface area contributed by atoms with E-state index < -0.39 is 0 Å². The zero-order chi connectivity index (χ0) is 8.97. The van der Waals surface area contributed by atoms with Crippen molar-refractivity contribution < 1.29 is 4.79 Å². The lowest BCUT2D eigenvalue weighted by molar-refractivity contribution is -0.111. The summed E-state index contributed by atoms with van der Waals surface area (Å²) in [6.07, 6.45) is 0.282. The van der Waals surface area contributed by atoms with Crippen molar-refractivity contribution in [1.82, 2.24) is 0 Å². The number of alkyl halides is 1. The number of benzene rings is 1. The molecule has 3 heteroatoms. The lowest BCUT2D eigenvalue weighted by atomic mass is 10.1. The highest BCUT2D eigenvalue weighted by molar-refractivity contribution is 6.63. The number of hydrogen-bond donors (Lipinski definition) is 0. The van der Waals surface area contributed by atoms with Gasteiger partial charge in [0.05, 0.1) is 0 Å². The number of rotatable bonds is 3. The standard InChI is InChI=1S/C9H8Cl2O/c10-6-8-3-1-7(2-4-8)5-9(11)12/h1-4H,5-6H2. The number of carbonyl (C=O) groups excluding carboxylic acids is 1. The number of halogens is 2. The van der Waals surface area contributed by atoms with Crippen LogP contribution in [-0.2, 0) is 17.1 Å². The minimum Gasteiger partial charge on any atom is -0.281 e. The van der Waals surface area contributed by atoms with Crippen molar-refractivity contribution in [2.45, 2.75) is 12.3 Å². The molecule has 0 saturated heterocycles.